The Hall–Kier alpha value is -2.11. The maximum absolute atomic E-state index is 11.0. The van der Waals surface area contributed by atoms with Gasteiger partial charge in [-0.1, -0.05) is 13.3 Å². The van der Waals surface area contributed by atoms with Crippen LogP contribution in [0.5, 0.6) is 0 Å². The highest BCUT2D eigenvalue weighted by atomic mass is 16.6. The van der Waals surface area contributed by atoms with Crippen LogP contribution in [-0.4, -0.2) is 22.0 Å². The first-order valence-corrected chi connectivity index (χ1v) is 7.29. The van der Waals surface area contributed by atoms with Crippen LogP contribution < -0.4 is 5.32 Å². The van der Waals surface area contributed by atoms with E-state index in [2.05, 4.69) is 12.2 Å². The number of aromatic carboxylic acids is 1. The lowest BCUT2D eigenvalue weighted by atomic mass is 9.84. The van der Waals surface area contributed by atoms with Gasteiger partial charge in [-0.3, -0.25) is 10.1 Å². The molecule has 0 amide bonds. The van der Waals surface area contributed by atoms with E-state index in [9.17, 15) is 14.9 Å². The number of rotatable bonds is 5. The van der Waals surface area contributed by atoms with Gasteiger partial charge in [0.25, 0.3) is 5.69 Å². The van der Waals surface area contributed by atoms with E-state index in [1.165, 1.54) is 31.4 Å². The highest BCUT2D eigenvalue weighted by Crippen LogP contribution is 2.30. The van der Waals surface area contributed by atoms with Crippen molar-refractivity contribution in [3.8, 4) is 0 Å². The molecular weight excluding hydrogens is 272 g/mol. The van der Waals surface area contributed by atoms with E-state index in [-0.39, 0.29) is 11.3 Å². The van der Waals surface area contributed by atoms with Crippen molar-refractivity contribution in [3.63, 3.8) is 0 Å². The van der Waals surface area contributed by atoms with Gasteiger partial charge in [0.05, 0.1) is 4.92 Å². The van der Waals surface area contributed by atoms with Crippen molar-refractivity contribution in [1.29, 1.82) is 0 Å². The van der Waals surface area contributed by atoms with Crippen LogP contribution in [-0.2, 0) is 0 Å². The van der Waals surface area contributed by atoms with Gasteiger partial charge in [0.1, 0.15) is 5.56 Å². The lowest BCUT2D eigenvalue weighted by molar-refractivity contribution is -0.385. The zero-order valence-corrected chi connectivity index (χ0v) is 12.0. The van der Waals surface area contributed by atoms with Crippen molar-refractivity contribution < 1.29 is 14.8 Å². The van der Waals surface area contributed by atoms with Gasteiger partial charge in [0.2, 0.25) is 0 Å². The van der Waals surface area contributed by atoms with E-state index < -0.39 is 10.9 Å². The Labute approximate surface area is 123 Å². The van der Waals surface area contributed by atoms with Crippen LogP contribution in [0.25, 0.3) is 0 Å². The molecule has 0 aliphatic heterocycles. The highest BCUT2D eigenvalue weighted by molar-refractivity contribution is 5.93. The van der Waals surface area contributed by atoms with E-state index in [4.69, 9.17) is 5.11 Å². The minimum atomic E-state index is -1.28. The summed E-state index contributed by atoms with van der Waals surface area (Å²) in [6, 6.07) is 4.51. The summed E-state index contributed by atoms with van der Waals surface area (Å²) in [6.07, 6.45) is 5.64. The number of nitrogens with one attached hydrogen (secondary N) is 1. The Balaban J connectivity index is 2.09. The number of nitro benzene ring substituents is 1. The van der Waals surface area contributed by atoms with Crippen molar-refractivity contribution in [3.05, 3.63) is 33.9 Å². The molecule has 1 saturated carbocycles. The SMILES string of the molecule is CCC1CCC(Nc2ccc(C(=O)O)c([N+](=O)[O-])c2)CC1. The molecule has 0 aromatic heterocycles. The fraction of sp³-hybridized carbons (Fsp3) is 0.533. The van der Waals surface area contributed by atoms with Gasteiger partial charge in [0, 0.05) is 17.8 Å². The fourth-order valence-electron chi connectivity index (χ4n) is 2.90. The molecule has 1 fully saturated rings. The van der Waals surface area contributed by atoms with Crippen LogP contribution in [0.4, 0.5) is 11.4 Å². The lowest BCUT2D eigenvalue weighted by Gasteiger charge is -2.29. The highest BCUT2D eigenvalue weighted by Gasteiger charge is 2.23. The number of anilines is 1. The predicted octanol–water partition coefficient (Wildman–Crippen LogP) is 3.67. The molecule has 1 aromatic carbocycles. The zero-order chi connectivity index (χ0) is 15.4. The average molecular weight is 292 g/mol. The second kappa shape index (κ2) is 6.56. The summed E-state index contributed by atoms with van der Waals surface area (Å²) in [6.45, 7) is 2.20. The van der Waals surface area contributed by atoms with Gasteiger partial charge in [-0.05, 0) is 43.7 Å². The first-order chi connectivity index (χ1) is 10.0. The number of carboxylic acid groups (broad SMARTS) is 1. The molecule has 0 saturated heterocycles. The van der Waals surface area contributed by atoms with Gasteiger partial charge < -0.3 is 10.4 Å². The molecule has 0 spiro atoms. The summed E-state index contributed by atoms with van der Waals surface area (Å²) >= 11 is 0. The second-order valence-electron chi connectivity index (χ2n) is 5.56. The summed E-state index contributed by atoms with van der Waals surface area (Å²) in [5.74, 6) is -0.497. The lowest BCUT2D eigenvalue weighted by Crippen LogP contribution is -2.25. The van der Waals surface area contributed by atoms with Crippen LogP contribution in [0.15, 0.2) is 18.2 Å². The molecule has 2 rings (SSSR count). The number of nitrogens with zero attached hydrogens (tertiary/aromatic N) is 1. The molecular formula is C15H20N2O4. The monoisotopic (exact) mass is 292 g/mol. The smallest absolute Gasteiger partial charge is 0.342 e. The standard InChI is InChI=1S/C15H20N2O4/c1-2-10-3-5-11(6-4-10)16-12-7-8-13(15(18)19)14(9-12)17(20)21/h7-11,16H,2-6H2,1H3,(H,18,19). The average Bonchev–Trinajstić information content (AvgIpc) is 2.47. The van der Waals surface area contributed by atoms with Crippen LogP contribution in [0.3, 0.4) is 0 Å². The molecule has 0 atom stereocenters. The zero-order valence-electron chi connectivity index (χ0n) is 12.0. The minimum absolute atomic E-state index is 0.278. The molecule has 1 aromatic rings. The molecule has 6 nitrogen and oxygen atoms in total. The first kappa shape index (κ1) is 15.3. The molecule has 6 heteroatoms. The third kappa shape index (κ3) is 3.71. The Kier molecular flexibility index (Phi) is 4.77. The van der Waals surface area contributed by atoms with E-state index in [1.54, 1.807) is 6.07 Å². The third-order valence-corrected chi connectivity index (χ3v) is 4.22. The number of nitro groups is 1. The molecule has 0 bridgehead atoms. The van der Waals surface area contributed by atoms with Crippen LogP contribution in [0.2, 0.25) is 0 Å². The summed E-state index contributed by atoms with van der Waals surface area (Å²) < 4.78 is 0. The summed E-state index contributed by atoms with van der Waals surface area (Å²) in [7, 11) is 0. The fourth-order valence-corrected chi connectivity index (χ4v) is 2.90. The van der Waals surface area contributed by atoms with E-state index >= 15 is 0 Å². The molecule has 0 unspecified atom stereocenters. The van der Waals surface area contributed by atoms with Crippen LogP contribution in [0, 0.1) is 16.0 Å². The van der Waals surface area contributed by atoms with Crippen molar-refractivity contribution in [2.24, 2.45) is 5.92 Å². The number of carbonyl (C=O) groups is 1. The number of carboxylic acids is 1. The number of benzene rings is 1. The van der Waals surface area contributed by atoms with Gasteiger partial charge in [-0.25, -0.2) is 4.79 Å². The number of hydrogen-bond acceptors (Lipinski definition) is 4. The molecule has 0 heterocycles. The van der Waals surface area contributed by atoms with Crippen LogP contribution in [0.1, 0.15) is 49.4 Å². The molecule has 21 heavy (non-hydrogen) atoms. The van der Waals surface area contributed by atoms with Crippen molar-refractivity contribution >= 4 is 17.3 Å². The Morgan fingerprint density at radius 3 is 2.57 bits per heavy atom. The third-order valence-electron chi connectivity index (χ3n) is 4.22. The topological polar surface area (TPSA) is 92.5 Å². The number of hydrogen-bond donors (Lipinski definition) is 2. The molecule has 2 N–H and O–H groups in total. The van der Waals surface area contributed by atoms with Crippen molar-refractivity contribution in [2.45, 2.75) is 45.1 Å². The quantitative estimate of drug-likeness (QED) is 0.638. The Morgan fingerprint density at radius 1 is 1.38 bits per heavy atom. The van der Waals surface area contributed by atoms with Gasteiger partial charge in [-0.2, -0.15) is 0 Å². The van der Waals surface area contributed by atoms with E-state index in [0.717, 1.165) is 18.8 Å². The molecule has 1 aliphatic rings. The van der Waals surface area contributed by atoms with Gasteiger partial charge in [-0.15, -0.1) is 0 Å². The summed E-state index contributed by atoms with van der Waals surface area (Å²) in [4.78, 5) is 21.3. The maximum atomic E-state index is 11.0. The van der Waals surface area contributed by atoms with Crippen LogP contribution >= 0.6 is 0 Å². The molecule has 0 radical (unpaired) electrons. The summed E-state index contributed by atoms with van der Waals surface area (Å²) in [5.41, 5.74) is -0.0263. The maximum Gasteiger partial charge on any atom is 0.342 e. The Bertz CT molecular complexity index is 536. The van der Waals surface area contributed by atoms with E-state index in [1.807, 2.05) is 0 Å². The van der Waals surface area contributed by atoms with E-state index in [0.29, 0.717) is 11.7 Å². The van der Waals surface area contributed by atoms with Gasteiger partial charge in [0.15, 0.2) is 0 Å². The minimum Gasteiger partial charge on any atom is -0.477 e. The largest absolute Gasteiger partial charge is 0.477 e. The summed E-state index contributed by atoms with van der Waals surface area (Å²) in [5, 5.41) is 23.2. The normalized spacial score (nSPS) is 21.8. The van der Waals surface area contributed by atoms with Crippen molar-refractivity contribution in [1.82, 2.24) is 0 Å². The molecule has 114 valence electrons. The first-order valence-electron chi connectivity index (χ1n) is 7.29. The molecule has 1 aliphatic carbocycles. The second-order valence-corrected chi connectivity index (χ2v) is 5.56. The predicted molar refractivity (Wildman–Crippen MR) is 79.7 cm³/mol. The Morgan fingerprint density at radius 2 is 2.05 bits per heavy atom. The van der Waals surface area contributed by atoms with Gasteiger partial charge >= 0.3 is 5.97 Å². The van der Waals surface area contributed by atoms with Crippen molar-refractivity contribution in [2.75, 3.05) is 5.32 Å².